The van der Waals surface area contributed by atoms with Crippen molar-refractivity contribution >= 4 is 10.1 Å². The molecule has 0 aliphatic heterocycles. The second-order valence-corrected chi connectivity index (χ2v) is 5.92. The molecule has 90 valence electrons. The topological polar surface area (TPSA) is 66.4 Å². The minimum Gasteiger partial charge on any atom is -0.744 e. The first-order chi connectivity index (χ1) is 7.16. The van der Waals surface area contributed by atoms with E-state index in [9.17, 15) is 13.0 Å². The summed E-state index contributed by atoms with van der Waals surface area (Å²) in [6, 6.07) is 4.51. The van der Waals surface area contributed by atoms with Crippen LogP contribution in [0.5, 0.6) is 5.75 Å². The van der Waals surface area contributed by atoms with E-state index in [-0.39, 0.29) is 67.4 Å². The largest absolute Gasteiger partial charge is 1.00 e. The van der Waals surface area contributed by atoms with Gasteiger partial charge in [-0.05, 0) is 23.1 Å². The van der Waals surface area contributed by atoms with Crippen LogP contribution >= 0.6 is 0 Å². The first-order valence-corrected chi connectivity index (χ1v) is 6.21. The molecule has 0 fully saturated rings. The number of benzene rings is 1. The standard InChI is InChI=1S/C11H16O4S.K/c1-11(2,3)8-5-6-10(16(12,13)14)9(7-8)15-4;/h5-7H,1-4H3,(H,12,13,14);/q;+1/p-1. The minimum atomic E-state index is -4.48. The Kier molecular flexibility index (Phi) is 6.35. The van der Waals surface area contributed by atoms with Crippen molar-refractivity contribution in [3.63, 3.8) is 0 Å². The Labute approximate surface area is 145 Å². The molecular formula is C11H15KO4S. The van der Waals surface area contributed by atoms with E-state index in [1.165, 1.54) is 13.2 Å². The average molecular weight is 282 g/mol. The molecule has 4 nitrogen and oxygen atoms in total. The smallest absolute Gasteiger partial charge is 0.744 e. The number of hydrogen-bond acceptors (Lipinski definition) is 4. The van der Waals surface area contributed by atoms with Gasteiger partial charge >= 0.3 is 51.4 Å². The predicted octanol–water partition coefficient (Wildman–Crippen LogP) is -1.10. The molecule has 0 saturated carbocycles. The Morgan fingerprint density at radius 2 is 1.76 bits per heavy atom. The fraction of sp³-hybridized carbons (Fsp3) is 0.455. The van der Waals surface area contributed by atoms with Crippen LogP contribution in [0, 0.1) is 0 Å². The zero-order chi connectivity index (χ0) is 12.6. The molecule has 17 heavy (non-hydrogen) atoms. The molecule has 0 saturated heterocycles. The molecule has 1 aromatic carbocycles. The molecule has 0 bridgehead atoms. The molecule has 1 aromatic rings. The molecule has 0 amide bonds. The zero-order valence-electron chi connectivity index (χ0n) is 10.8. The summed E-state index contributed by atoms with van der Waals surface area (Å²) < 4.78 is 37.7. The van der Waals surface area contributed by atoms with E-state index in [1.807, 2.05) is 20.8 Å². The third-order valence-corrected chi connectivity index (χ3v) is 3.17. The molecule has 0 heterocycles. The van der Waals surface area contributed by atoms with E-state index in [1.54, 1.807) is 12.1 Å². The average Bonchev–Trinajstić information content (AvgIpc) is 2.14. The van der Waals surface area contributed by atoms with E-state index < -0.39 is 10.1 Å². The fourth-order valence-corrected chi connectivity index (χ4v) is 1.96. The summed E-state index contributed by atoms with van der Waals surface area (Å²) in [5.74, 6) is 0.0995. The van der Waals surface area contributed by atoms with Crippen molar-refractivity contribution in [2.45, 2.75) is 31.1 Å². The summed E-state index contributed by atoms with van der Waals surface area (Å²) in [4.78, 5) is -0.317. The molecule has 0 aliphatic rings. The molecule has 1 rings (SSSR count). The van der Waals surface area contributed by atoms with E-state index in [0.29, 0.717) is 0 Å². The van der Waals surface area contributed by atoms with Crippen LogP contribution in [0.2, 0.25) is 0 Å². The van der Waals surface area contributed by atoms with Gasteiger partial charge in [0.2, 0.25) is 0 Å². The van der Waals surface area contributed by atoms with Gasteiger partial charge in [-0.15, -0.1) is 0 Å². The van der Waals surface area contributed by atoms with E-state index in [0.717, 1.165) is 5.56 Å². The molecular weight excluding hydrogens is 267 g/mol. The van der Waals surface area contributed by atoms with Crippen LogP contribution in [0.4, 0.5) is 0 Å². The quantitative estimate of drug-likeness (QED) is 0.510. The van der Waals surface area contributed by atoms with E-state index in [2.05, 4.69) is 0 Å². The van der Waals surface area contributed by atoms with Gasteiger partial charge in [-0.3, -0.25) is 0 Å². The van der Waals surface area contributed by atoms with Gasteiger partial charge in [-0.1, -0.05) is 26.8 Å². The Bertz CT molecular complexity index is 489. The third-order valence-electron chi connectivity index (χ3n) is 2.30. The first kappa shape index (κ1) is 17.6. The number of rotatable bonds is 2. The third kappa shape index (κ3) is 4.63. The Morgan fingerprint density at radius 1 is 1.24 bits per heavy atom. The summed E-state index contributed by atoms with van der Waals surface area (Å²) in [5.41, 5.74) is 0.787. The minimum absolute atomic E-state index is 0. The van der Waals surface area contributed by atoms with Gasteiger partial charge in [-0.2, -0.15) is 0 Å². The van der Waals surface area contributed by atoms with Crippen LogP contribution < -0.4 is 56.1 Å². The molecule has 0 spiro atoms. The van der Waals surface area contributed by atoms with Crippen molar-refractivity contribution in [1.29, 1.82) is 0 Å². The normalized spacial score (nSPS) is 11.8. The van der Waals surface area contributed by atoms with Crippen LogP contribution in [0.25, 0.3) is 0 Å². The van der Waals surface area contributed by atoms with Crippen molar-refractivity contribution in [2.24, 2.45) is 0 Å². The fourth-order valence-electron chi connectivity index (χ4n) is 1.34. The number of hydrogen-bond donors (Lipinski definition) is 0. The van der Waals surface area contributed by atoms with Crippen molar-refractivity contribution in [3.05, 3.63) is 23.8 Å². The van der Waals surface area contributed by atoms with Crippen molar-refractivity contribution in [1.82, 2.24) is 0 Å². The number of ether oxygens (including phenoxy) is 1. The monoisotopic (exact) mass is 282 g/mol. The van der Waals surface area contributed by atoms with Crippen LogP contribution in [-0.4, -0.2) is 20.1 Å². The van der Waals surface area contributed by atoms with Crippen LogP contribution in [0.1, 0.15) is 26.3 Å². The van der Waals surface area contributed by atoms with Crippen LogP contribution in [0.15, 0.2) is 23.1 Å². The van der Waals surface area contributed by atoms with Crippen molar-refractivity contribution in [3.8, 4) is 5.75 Å². The Hall–Kier alpha value is 0.566. The maximum Gasteiger partial charge on any atom is 1.00 e. The summed E-state index contributed by atoms with van der Waals surface area (Å²) in [6.07, 6.45) is 0. The Morgan fingerprint density at radius 3 is 2.12 bits per heavy atom. The molecule has 0 unspecified atom stereocenters. The summed E-state index contributed by atoms with van der Waals surface area (Å²) in [5, 5.41) is 0. The molecule has 0 N–H and O–H groups in total. The summed E-state index contributed by atoms with van der Waals surface area (Å²) in [7, 11) is -3.14. The molecule has 0 aromatic heterocycles. The van der Waals surface area contributed by atoms with Gasteiger partial charge < -0.3 is 9.29 Å². The molecule has 0 atom stereocenters. The summed E-state index contributed by atoms with van der Waals surface area (Å²) in [6.45, 7) is 5.98. The second kappa shape index (κ2) is 6.14. The van der Waals surface area contributed by atoms with E-state index in [4.69, 9.17) is 4.74 Å². The van der Waals surface area contributed by atoms with E-state index >= 15 is 0 Å². The molecule has 0 radical (unpaired) electrons. The van der Waals surface area contributed by atoms with Gasteiger partial charge in [0.05, 0.1) is 12.0 Å². The summed E-state index contributed by atoms with van der Waals surface area (Å²) >= 11 is 0. The van der Waals surface area contributed by atoms with Gasteiger partial charge in [0.25, 0.3) is 0 Å². The molecule has 0 aliphatic carbocycles. The number of methoxy groups -OCH3 is 1. The molecule has 6 heteroatoms. The first-order valence-electron chi connectivity index (χ1n) is 4.80. The van der Waals surface area contributed by atoms with Gasteiger partial charge in [-0.25, -0.2) is 8.42 Å². The second-order valence-electron chi connectivity index (χ2n) is 4.57. The maximum atomic E-state index is 10.9. The van der Waals surface area contributed by atoms with Crippen molar-refractivity contribution < 1.29 is 69.1 Å². The van der Waals surface area contributed by atoms with Crippen molar-refractivity contribution in [2.75, 3.05) is 7.11 Å². The van der Waals surface area contributed by atoms with Crippen LogP contribution in [0.3, 0.4) is 0 Å². The zero-order valence-corrected chi connectivity index (χ0v) is 14.7. The van der Waals surface area contributed by atoms with Gasteiger partial charge in [0, 0.05) is 0 Å². The van der Waals surface area contributed by atoms with Gasteiger partial charge in [0.1, 0.15) is 15.9 Å². The van der Waals surface area contributed by atoms with Crippen LogP contribution in [-0.2, 0) is 15.5 Å². The Balaban J connectivity index is 0.00000256. The predicted molar refractivity (Wildman–Crippen MR) is 59.7 cm³/mol. The maximum absolute atomic E-state index is 10.9. The SMILES string of the molecule is COc1cc(C(C)(C)C)ccc1S(=O)(=O)[O-].[K+]. The van der Waals surface area contributed by atoms with Gasteiger partial charge in [0.15, 0.2) is 0 Å².